The molecule has 2 rings (SSSR count). The third-order valence-electron chi connectivity index (χ3n) is 5.84. The monoisotopic (exact) mass is 373 g/mol. The first-order valence-electron chi connectivity index (χ1n) is 11.3. The maximum absolute atomic E-state index is 11.1. The van der Waals surface area contributed by atoms with Crippen LogP contribution in [-0.4, -0.2) is 17.1 Å². The summed E-state index contributed by atoms with van der Waals surface area (Å²) in [6.07, 6.45) is 20.3. The number of fused-ring (bicyclic) bond motifs is 1. The summed E-state index contributed by atoms with van der Waals surface area (Å²) >= 11 is 0. The average Bonchev–Trinajstić information content (AvgIpc) is 3.07. The molecule has 1 aromatic rings. The molecule has 2 N–H and O–H groups in total. The summed E-state index contributed by atoms with van der Waals surface area (Å²) < 4.78 is 0. The Labute approximate surface area is 166 Å². The average molecular weight is 374 g/mol. The van der Waals surface area contributed by atoms with E-state index in [1.165, 1.54) is 95.5 Å². The van der Waals surface area contributed by atoms with E-state index in [2.05, 4.69) is 12.2 Å². The Morgan fingerprint density at radius 2 is 1.48 bits per heavy atom. The first-order chi connectivity index (χ1) is 13.2. The topological polar surface area (TPSA) is 49.3 Å². The van der Waals surface area contributed by atoms with Crippen molar-refractivity contribution in [1.29, 1.82) is 0 Å². The Bertz CT molecular complexity index is 555. The van der Waals surface area contributed by atoms with Gasteiger partial charge in [-0.2, -0.15) is 0 Å². The van der Waals surface area contributed by atoms with Crippen molar-refractivity contribution in [3.05, 3.63) is 29.3 Å². The zero-order valence-corrected chi connectivity index (χ0v) is 17.3. The Hall–Kier alpha value is -1.51. The number of carboxylic acid groups (broad SMARTS) is 1. The number of hydrogen-bond acceptors (Lipinski definition) is 2. The van der Waals surface area contributed by atoms with Gasteiger partial charge in [0.2, 0.25) is 0 Å². The normalized spacial score (nSPS) is 15.5. The third kappa shape index (κ3) is 8.36. The second kappa shape index (κ2) is 12.8. The molecule has 3 nitrogen and oxygen atoms in total. The molecule has 1 heterocycles. The van der Waals surface area contributed by atoms with E-state index in [9.17, 15) is 4.79 Å². The Kier molecular flexibility index (Phi) is 10.3. The van der Waals surface area contributed by atoms with Crippen LogP contribution in [0.3, 0.4) is 0 Å². The number of aromatic carboxylic acids is 1. The first kappa shape index (κ1) is 21.8. The van der Waals surface area contributed by atoms with Gasteiger partial charge in [-0.15, -0.1) is 0 Å². The highest BCUT2D eigenvalue weighted by Crippen LogP contribution is 2.29. The molecule has 0 spiro atoms. The van der Waals surface area contributed by atoms with Gasteiger partial charge >= 0.3 is 5.97 Å². The van der Waals surface area contributed by atoms with Crippen molar-refractivity contribution in [2.24, 2.45) is 0 Å². The number of hydrogen-bond donors (Lipinski definition) is 2. The number of unbranched alkanes of at least 4 members (excludes halogenated alkanes) is 12. The van der Waals surface area contributed by atoms with Gasteiger partial charge in [-0.05, 0) is 30.5 Å². The fourth-order valence-corrected chi connectivity index (χ4v) is 4.14. The number of anilines is 1. The molecule has 0 aromatic heterocycles. The lowest BCUT2D eigenvalue weighted by Gasteiger charge is -2.11. The smallest absolute Gasteiger partial charge is 0.335 e. The van der Waals surface area contributed by atoms with Crippen LogP contribution in [0.5, 0.6) is 0 Å². The molecule has 1 aromatic carbocycles. The van der Waals surface area contributed by atoms with E-state index in [0.29, 0.717) is 11.6 Å². The van der Waals surface area contributed by atoms with E-state index in [1.807, 2.05) is 6.07 Å². The van der Waals surface area contributed by atoms with Crippen LogP contribution in [0.25, 0.3) is 0 Å². The number of nitrogens with one attached hydrogen (secondary N) is 1. The van der Waals surface area contributed by atoms with Crippen molar-refractivity contribution >= 4 is 11.7 Å². The highest BCUT2D eigenvalue weighted by Gasteiger charge is 2.21. The summed E-state index contributed by atoms with van der Waals surface area (Å²) in [5.41, 5.74) is 2.66. The maximum atomic E-state index is 11.1. The van der Waals surface area contributed by atoms with Crippen LogP contribution in [0.2, 0.25) is 0 Å². The number of benzene rings is 1. The standard InChI is InChI=1S/C24H39NO2/c1-2-3-4-5-6-7-8-9-10-11-12-13-14-15-22-18-20-16-17-21(24(26)27)19-23(20)25-22/h16-17,19,22,25H,2-15,18H2,1H3,(H,26,27). The van der Waals surface area contributed by atoms with Crippen LogP contribution in [0, 0.1) is 0 Å². The third-order valence-corrected chi connectivity index (χ3v) is 5.84. The van der Waals surface area contributed by atoms with E-state index < -0.39 is 5.97 Å². The van der Waals surface area contributed by atoms with E-state index in [4.69, 9.17) is 5.11 Å². The van der Waals surface area contributed by atoms with Crippen molar-refractivity contribution in [2.45, 2.75) is 109 Å². The van der Waals surface area contributed by atoms with Crippen molar-refractivity contribution in [2.75, 3.05) is 5.32 Å². The minimum atomic E-state index is -0.848. The minimum absolute atomic E-state index is 0.378. The van der Waals surface area contributed by atoms with Crippen molar-refractivity contribution in [3.8, 4) is 0 Å². The first-order valence-corrected chi connectivity index (χ1v) is 11.3. The predicted octanol–water partition coefficient (Wildman–Crippen LogP) is 7.20. The van der Waals surface area contributed by atoms with Crippen molar-refractivity contribution in [1.82, 2.24) is 0 Å². The summed E-state index contributed by atoms with van der Waals surface area (Å²) in [6, 6.07) is 5.95. The van der Waals surface area contributed by atoms with Gasteiger partial charge in [0.15, 0.2) is 0 Å². The predicted molar refractivity (Wildman–Crippen MR) is 115 cm³/mol. The van der Waals surface area contributed by atoms with Gasteiger partial charge in [-0.25, -0.2) is 4.79 Å². The van der Waals surface area contributed by atoms with Gasteiger partial charge in [0, 0.05) is 11.7 Å². The Balaban J connectivity index is 1.42. The van der Waals surface area contributed by atoms with Crippen LogP contribution in [-0.2, 0) is 6.42 Å². The molecule has 0 radical (unpaired) electrons. The van der Waals surface area contributed by atoms with Crippen LogP contribution in [0.15, 0.2) is 18.2 Å². The molecule has 27 heavy (non-hydrogen) atoms. The molecule has 1 unspecified atom stereocenters. The highest BCUT2D eigenvalue weighted by molar-refractivity contribution is 5.89. The minimum Gasteiger partial charge on any atom is -0.478 e. The zero-order valence-electron chi connectivity index (χ0n) is 17.3. The lowest BCUT2D eigenvalue weighted by molar-refractivity contribution is 0.0697. The van der Waals surface area contributed by atoms with Crippen LogP contribution >= 0.6 is 0 Å². The van der Waals surface area contributed by atoms with Gasteiger partial charge in [-0.1, -0.05) is 96.5 Å². The summed E-state index contributed by atoms with van der Waals surface area (Å²) in [5.74, 6) is -0.848. The van der Waals surface area contributed by atoms with E-state index in [0.717, 1.165) is 12.1 Å². The summed E-state index contributed by atoms with van der Waals surface area (Å²) in [6.45, 7) is 2.28. The molecule has 0 saturated carbocycles. The summed E-state index contributed by atoms with van der Waals surface area (Å²) in [5, 5.41) is 12.6. The SMILES string of the molecule is CCCCCCCCCCCCCCCC1Cc2ccc(C(=O)O)cc2N1. The molecule has 1 aliphatic rings. The van der Waals surface area contributed by atoms with Gasteiger partial charge in [0.05, 0.1) is 5.56 Å². The lowest BCUT2D eigenvalue weighted by atomic mass is 10.0. The summed E-state index contributed by atoms with van der Waals surface area (Å²) in [7, 11) is 0. The van der Waals surface area contributed by atoms with Crippen LogP contribution < -0.4 is 5.32 Å². The molecule has 0 bridgehead atoms. The number of rotatable bonds is 15. The quantitative estimate of drug-likeness (QED) is 0.319. The number of carboxylic acids is 1. The molecule has 0 amide bonds. The fraction of sp³-hybridized carbons (Fsp3) is 0.708. The van der Waals surface area contributed by atoms with Crippen LogP contribution in [0.4, 0.5) is 5.69 Å². The van der Waals surface area contributed by atoms with Gasteiger partial charge < -0.3 is 10.4 Å². The Morgan fingerprint density at radius 3 is 2.04 bits per heavy atom. The zero-order chi connectivity index (χ0) is 19.3. The molecule has 0 fully saturated rings. The van der Waals surface area contributed by atoms with E-state index in [1.54, 1.807) is 12.1 Å². The molecule has 0 aliphatic carbocycles. The van der Waals surface area contributed by atoms with Crippen molar-refractivity contribution < 1.29 is 9.90 Å². The fourth-order valence-electron chi connectivity index (χ4n) is 4.14. The maximum Gasteiger partial charge on any atom is 0.335 e. The molecule has 152 valence electrons. The second-order valence-electron chi connectivity index (χ2n) is 8.25. The molecule has 3 heteroatoms. The lowest BCUT2D eigenvalue weighted by Crippen LogP contribution is -2.14. The largest absolute Gasteiger partial charge is 0.478 e. The van der Waals surface area contributed by atoms with Gasteiger partial charge in [0.1, 0.15) is 0 Å². The number of carbonyl (C=O) groups is 1. The van der Waals surface area contributed by atoms with E-state index >= 15 is 0 Å². The second-order valence-corrected chi connectivity index (χ2v) is 8.25. The molecular formula is C24H39NO2. The molecule has 0 saturated heterocycles. The van der Waals surface area contributed by atoms with Gasteiger partial charge in [-0.3, -0.25) is 0 Å². The summed E-state index contributed by atoms with van der Waals surface area (Å²) in [4.78, 5) is 11.1. The Morgan fingerprint density at radius 1 is 0.926 bits per heavy atom. The highest BCUT2D eigenvalue weighted by atomic mass is 16.4. The molecular weight excluding hydrogens is 334 g/mol. The molecule has 1 atom stereocenters. The van der Waals surface area contributed by atoms with Crippen LogP contribution in [0.1, 0.15) is 113 Å². The van der Waals surface area contributed by atoms with Crippen molar-refractivity contribution in [3.63, 3.8) is 0 Å². The van der Waals surface area contributed by atoms with Gasteiger partial charge in [0.25, 0.3) is 0 Å². The van der Waals surface area contributed by atoms with E-state index in [-0.39, 0.29) is 0 Å². The molecule has 1 aliphatic heterocycles.